The summed E-state index contributed by atoms with van der Waals surface area (Å²) in [6, 6.07) is 10.6. The van der Waals surface area contributed by atoms with Crippen LogP contribution in [0.1, 0.15) is 59.7 Å². The predicted molar refractivity (Wildman–Crippen MR) is 153 cm³/mol. The third kappa shape index (κ3) is 5.58. The highest BCUT2D eigenvalue weighted by Gasteiger charge is 2.48. The average Bonchev–Trinajstić information content (AvgIpc) is 3.44. The minimum absolute atomic E-state index is 0.108. The summed E-state index contributed by atoms with van der Waals surface area (Å²) in [6.07, 6.45) is 0.856. The van der Waals surface area contributed by atoms with Gasteiger partial charge in [-0.2, -0.15) is 0 Å². The van der Waals surface area contributed by atoms with E-state index in [4.69, 9.17) is 14.2 Å². The van der Waals surface area contributed by atoms with Crippen LogP contribution in [-0.2, 0) is 9.59 Å². The van der Waals surface area contributed by atoms with E-state index in [2.05, 4.69) is 18.8 Å². The lowest BCUT2D eigenvalue weighted by atomic mass is 9.95. The first kappa shape index (κ1) is 28.8. The minimum atomic E-state index is -1.04. The molecule has 1 N–H and O–H groups in total. The van der Waals surface area contributed by atoms with Gasteiger partial charge in [0.1, 0.15) is 11.5 Å². The number of ether oxygens (including phenoxy) is 3. The minimum Gasteiger partial charge on any atom is -0.507 e. The molecule has 40 heavy (non-hydrogen) atoms. The summed E-state index contributed by atoms with van der Waals surface area (Å²) in [7, 11) is 3.03. The zero-order valence-electron chi connectivity index (χ0n) is 23.3. The second-order valence-electron chi connectivity index (χ2n) is 9.81. The van der Waals surface area contributed by atoms with Gasteiger partial charge in [0, 0.05) is 12.5 Å². The quantitative estimate of drug-likeness (QED) is 0.144. The van der Waals surface area contributed by atoms with E-state index in [0.29, 0.717) is 51.5 Å². The molecule has 1 atom stereocenters. The fourth-order valence-electron chi connectivity index (χ4n) is 4.44. The molecule has 0 spiro atoms. The number of ketones is 2. The van der Waals surface area contributed by atoms with Crippen molar-refractivity contribution in [2.24, 2.45) is 5.92 Å². The van der Waals surface area contributed by atoms with E-state index in [1.807, 2.05) is 0 Å². The lowest BCUT2D eigenvalue weighted by molar-refractivity contribution is -0.132. The summed E-state index contributed by atoms with van der Waals surface area (Å²) in [5.74, 6) is -0.307. The molecule has 3 aromatic rings. The Bertz CT molecular complexity index is 1470. The highest BCUT2D eigenvalue weighted by atomic mass is 32.1. The number of methoxy groups -OCH3 is 2. The highest BCUT2D eigenvalue weighted by Crippen LogP contribution is 2.45. The molecule has 4 rings (SSSR count). The first-order valence-electron chi connectivity index (χ1n) is 12.8. The van der Waals surface area contributed by atoms with Gasteiger partial charge in [0.05, 0.1) is 43.0 Å². The summed E-state index contributed by atoms with van der Waals surface area (Å²) in [6.45, 7) is 7.80. The van der Waals surface area contributed by atoms with Crippen LogP contribution in [0.3, 0.4) is 0 Å². The fraction of sp³-hybridized carbons (Fsp3) is 0.333. The Morgan fingerprint density at radius 1 is 1.07 bits per heavy atom. The Balaban J connectivity index is 1.88. The van der Waals surface area contributed by atoms with Gasteiger partial charge in [0.15, 0.2) is 22.4 Å². The van der Waals surface area contributed by atoms with E-state index in [9.17, 15) is 19.5 Å². The van der Waals surface area contributed by atoms with Crippen LogP contribution in [0.5, 0.6) is 17.2 Å². The van der Waals surface area contributed by atoms with E-state index in [-0.39, 0.29) is 22.2 Å². The van der Waals surface area contributed by atoms with Crippen LogP contribution in [0.4, 0.5) is 5.13 Å². The molecule has 2 aromatic carbocycles. The highest BCUT2D eigenvalue weighted by molar-refractivity contribution is 7.18. The molecule has 1 aromatic heterocycles. The predicted octanol–water partition coefficient (Wildman–Crippen LogP) is 5.72. The Labute approximate surface area is 237 Å². The Kier molecular flexibility index (Phi) is 8.58. The molecule has 0 saturated carbocycles. The number of aliphatic hydroxyl groups excluding tert-OH is 1. The standard InChI is InChI=1S/C30H32N2O7S/c1-16(2)13-14-39-22-12-9-20(15-23(22)38-6)25-24(26(34)19-7-10-21(37-5)11-8-19)27(35)29(36)32(25)30-31-17(3)28(40-30)18(4)33/h7-12,15-16,25,34H,13-14H2,1-6H3/t25-/m0/s1. The van der Waals surface area contributed by atoms with Gasteiger partial charge in [-0.25, -0.2) is 4.98 Å². The number of hydrogen-bond donors (Lipinski definition) is 1. The average molecular weight is 565 g/mol. The third-order valence-electron chi connectivity index (χ3n) is 6.58. The Morgan fingerprint density at radius 2 is 1.77 bits per heavy atom. The number of anilines is 1. The monoisotopic (exact) mass is 564 g/mol. The van der Waals surface area contributed by atoms with Gasteiger partial charge in [-0.1, -0.05) is 31.3 Å². The van der Waals surface area contributed by atoms with Crippen LogP contribution in [-0.4, -0.2) is 48.4 Å². The second kappa shape index (κ2) is 11.9. The van der Waals surface area contributed by atoms with Crippen LogP contribution in [0.2, 0.25) is 0 Å². The maximum Gasteiger partial charge on any atom is 0.301 e. The van der Waals surface area contributed by atoms with Gasteiger partial charge in [-0.05, 0) is 61.2 Å². The number of aliphatic hydroxyl groups is 1. The number of thiazole rings is 1. The molecule has 2 heterocycles. The van der Waals surface area contributed by atoms with Crippen molar-refractivity contribution in [3.05, 3.63) is 69.7 Å². The topological polar surface area (TPSA) is 115 Å². The maximum atomic E-state index is 13.5. The maximum absolute atomic E-state index is 13.5. The first-order valence-corrected chi connectivity index (χ1v) is 13.6. The number of carbonyl (C=O) groups is 3. The molecule has 0 bridgehead atoms. The first-order chi connectivity index (χ1) is 19.1. The zero-order valence-corrected chi connectivity index (χ0v) is 24.1. The van der Waals surface area contributed by atoms with Crippen molar-refractivity contribution < 1.29 is 33.7 Å². The summed E-state index contributed by atoms with van der Waals surface area (Å²) in [5, 5.41) is 11.6. The molecule has 0 radical (unpaired) electrons. The molecule has 1 fully saturated rings. The van der Waals surface area contributed by atoms with Crippen molar-refractivity contribution >= 4 is 39.7 Å². The number of hydrogen-bond acceptors (Lipinski definition) is 9. The van der Waals surface area contributed by atoms with Crippen molar-refractivity contribution in [2.75, 3.05) is 25.7 Å². The summed E-state index contributed by atoms with van der Waals surface area (Å²) < 4.78 is 16.7. The molecule has 9 nitrogen and oxygen atoms in total. The van der Waals surface area contributed by atoms with E-state index >= 15 is 0 Å². The van der Waals surface area contributed by atoms with Crippen molar-refractivity contribution in [1.82, 2.24) is 4.98 Å². The van der Waals surface area contributed by atoms with Gasteiger partial charge in [-0.3, -0.25) is 19.3 Å². The van der Waals surface area contributed by atoms with Gasteiger partial charge in [0.25, 0.3) is 5.78 Å². The summed E-state index contributed by atoms with van der Waals surface area (Å²) >= 11 is 1.03. The van der Waals surface area contributed by atoms with Crippen LogP contribution >= 0.6 is 11.3 Å². The van der Waals surface area contributed by atoms with Crippen LogP contribution in [0.15, 0.2) is 48.0 Å². The lowest BCUT2D eigenvalue weighted by Gasteiger charge is -2.24. The number of benzene rings is 2. The number of carbonyl (C=O) groups excluding carboxylic acids is 3. The fourth-order valence-corrected chi connectivity index (χ4v) is 5.43. The molecule has 1 amide bonds. The van der Waals surface area contributed by atoms with Crippen molar-refractivity contribution in [1.29, 1.82) is 0 Å². The SMILES string of the molecule is COc1ccc(C(O)=C2C(=O)C(=O)N(c3nc(C)c(C(C)=O)s3)[C@H]2c2ccc(OCCC(C)C)c(OC)c2)cc1. The molecule has 10 heteroatoms. The van der Waals surface area contributed by atoms with Crippen LogP contribution in [0.25, 0.3) is 5.76 Å². The van der Waals surface area contributed by atoms with Gasteiger partial charge >= 0.3 is 5.91 Å². The number of nitrogens with zero attached hydrogens (tertiary/aromatic N) is 2. The summed E-state index contributed by atoms with van der Waals surface area (Å²) in [4.78, 5) is 45.2. The summed E-state index contributed by atoms with van der Waals surface area (Å²) in [5.41, 5.74) is 1.18. The zero-order chi connectivity index (χ0) is 29.1. The Hall–Kier alpha value is -4.18. The van der Waals surface area contributed by atoms with Gasteiger partial charge in [-0.15, -0.1) is 0 Å². The molecule has 0 unspecified atom stereocenters. The largest absolute Gasteiger partial charge is 0.507 e. The number of rotatable bonds is 10. The Morgan fingerprint density at radius 3 is 2.35 bits per heavy atom. The van der Waals surface area contributed by atoms with E-state index < -0.39 is 17.7 Å². The van der Waals surface area contributed by atoms with Crippen LogP contribution in [0, 0.1) is 12.8 Å². The number of amides is 1. The molecule has 1 saturated heterocycles. The lowest BCUT2D eigenvalue weighted by Crippen LogP contribution is -2.29. The normalized spacial score (nSPS) is 16.5. The molecular weight excluding hydrogens is 532 g/mol. The third-order valence-corrected chi connectivity index (χ3v) is 7.83. The smallest absolute Gasteiger partial charge is 0.301 e. The van der Waals surface area contributed by atoms with Gasteiger partial charge in [0.2, 0.25) is 0 Å². The van der Waals surface area contributed by atoms with E-state index in [0.717, 1.165) is 17.8 Å². The van der Waals surface area contributed by atoms with Crippen molar-refractivity contribution in [2.45, 2.75) is 40.2 Å². The molecule has 1 aliphatic heterocycles. The molecule has 210 valence electrons. The number of aromatic nitrogens is 1. The molecular formula is C30H32N2O7S. The molecule has 0 aliphatic carbocycles. The van der Waals surface area contributed by atoms with Crippen molar-refractivity contribution in [3.63, 3.8) is 0 Å². The second-order valence-corrected chi connectivity index (χ2v) is 10.8. The van der Waals surface area contributed by atoms with Crippen molar-refractivity contribution in [3.8, 4) is 17.2 Å². The van der Waals surface area contributed by atoms with Crippen LogP contribution < -0.4 is 19.1 Å². The van der Waals surface area contributed by atoms with E-state index in [1.54, 1.807) is 49.4 Å². The van der Waals surface area contributed by atoms with E-state index in [1.165, 1.54) is 26.0 Å². The number of Topliss-reactive ketones (excluding diaryl/α,β-unsaturated/α-hetero) is 2. The molecule has 1 aliphatic rings. The number of aryl methyl sites for hydroxylation is 1. The van der Waals surface area contributed by atoms with Gasteiger partial charge < -0.3 is 19.3 Å².